The highest BCUT2D eigenvalue weighted by Crippen LogP contribution is 2.30. The minimum atomic E-state index is -0.365. The molecule has 0 saturated carbocycles. The van der Waals surface area contributed by atoms with Crippen molar-refractivity contribution in [2.24, 2.45) is 0 Å². The molecule has 0 aromatic heterocycles. The van der Waals surface area contributed by atoms with Gasteiger partial charge in [-0.15, -0.1) is 0 Å². The highest BCUT2D eigenvalue weighted by Gasteiger charge is 2.19. The fourth-order valence-corrected chi connectivity index (χ4v) is 3.19. The van der Waals surface area contributed by atoms with Gasteiger partial charge in [0, 0.05) is 24.1 Å². The summed E-state index contributed by atoms with van der Waals surface area (Å²) in [5.41, 5.74) is 1.27. The van der Waals surface area contributed by atoms with Crippen LogP contribution in [0.1, 0.15) is 12.8 Å². The van der Waals surface area contributed by atoms with Crippen LogP contribution in [0, 0.1) is 10.1 Å². The molecule has 126 valence electrons. The van der Waals surface area contributed by atoms with Crippen LogP contribution in [0.3, 0.4) is 0 Å². The molecule has 6 nitrogen and oxygen atoms in total. The van der Waals surface area contributed by atoms with E-state index in [1.807, 2.05) is 36.4 Å². The topological polar surface area (TPSA) is 76.4 Å². The first-order valence-electron chi connectivity index (χ1n) is 7.84. The van der Waals surface area contributed by atoms with E-state index in [0.29, 0.717) is 17.9 Å². The van der Waals surface area contributed by atoms with E-state index in [1.54, 1.807) is 12.1 Å². The highest BCUT2D eigenvalue weighted by atomic mass is 32.2. The van der Waals surface area contributed by atoms with E-state index in [4.69, 9.17) is 4.74 Å². The first-order chi connectivity index (χ1) is 11.7. The molecule has 7 heteroatoms. The predicted molar refractivity (Wildman–Crippen MR) is 96.5 cm³/mol. The predicted octanol–water partition coefficient (Wildman–Crippen LogP) is 4.30. The van der Waals surface area contributed by atoms with Gasteiger partial charge in [0.2, 0.25) is 0 Å². The maximum atomic E-state index is 11.3. The lowest BCUT2D eigenvalue weighted by atomic mass is 10.2. The molecule has 0 radical (unpaired) electrons. The van der Waals surface area contributed by atoms with Gasteiger partial charge < -0.3 is 14.8 Å². The zero-order chi connectivity index (χ0) is 16.8. The van der Waals surface area contributed by atoms with Crippen molar-refractivity contribution < 1.29 is 9.66 Å². The summed E-state index contributed by atoms with van der Waals surface area (Å²) in [6.07, 6.45) is 2.18. The molecular weight excluding hydrogens is 326 g/mol. The first-order valence-corrected chi connectivity index (χ1v) is 8.66. The second-order valence-corrected chi connectivity index (χ2v) is 6.40. The van der Waals surface area contributed by atoms with Gasteiger partial charge in [0.15, 0.2) is 0 Å². The molecule has 1 saturated heterocycles. The number of hydrogen-bond acceptors (Lipinski definition) is 6. The lowest BCUT2D eigenvalue weighted by Crippen LogP contribution is -2.18. The number of hydrogen-bond donors (Lipinski definition) is 2. The fraction of sp³-hybridized carbons (Fsp3) is 0.294. The van der Waals surface area contributed by atoms with E-state index in [0.717, 1.165) is 24.3 Å². The van der Waals surface area contributed by atoms with E-state index in [9.17, 15) is 10.1 Å². The number of ether oxygens (including phenoxy) is 1. The molecule has 1 atom stereocenters. The molecule has 24 heavy (non-hydrogen) atoms. The summed E-state index contributed by atoms with van der Waals surface area (Å²) in [5.74, 6) is 0. The van der Waals surface area contributed by atoms with Crippen molar-refractivity contribution in [3.63, 3.8) is 0 Å². The van der Waals surface area contributed by atoms with Crippen molar-refractivity contribution >= 4 is 29.0 Å². The van der Waals surface area contributed by atoms with Crippen LogP contribution in [0.15, 0.2) is 53.4 Å². The number of nitro benzene ring substituents is 1. The first kappa shape index (κ1) is 16.6. The van der Waals surface area contributed by atoms with Gasteiger partial charge in [-0.2, -0.15) is 0 Å². The third-order valence-corrected chi connectivity index (χ3v) is 4.61. The van der Waals surface area contributed by atoms with Crippen LogP contribution in [0.25, 0.3) is 0 Å². The average Bonchev–Trinajstić information content (AvgIpc) is 3.13. The summed E-state index contributed by atoms with van der Waals surface area (Å²) in [4.78, 5) is 12.0. The number of anilines is 2. The van der Waals surface area contributed by atoms with Gasteiger partial charge in [-0.05, 0) is 49.1 Å². The van der Waals surface area contributed by atoms with Crippen molar-refractivity contribution in [2.45, 2.75) is 23.8 Å². The minimum Gasteiger partial charge on any atom is -0.377 e. The molecule has 2 N–H and O–H groups in total. The largest absolute Gasteiger partial charge is 0.377 e. The molecule has 2 aromatic carbocycles. The third kappa shape index (κ3) is 4.39. The summed E-state index contributed by atoms with van der Waals surface area (Å²) in [6, 6.07) is 14.9. The van der Waals surface area contributed by atoms with Crippen LogP contribution in [-0.2, 0) is 4.74 Å². The zero-order valence-corrected chi connectivity index (χ0v) is 13.9. The Labute approximate surface area is 144 Å². The normalized spacial score (nSPS) is 16.8. The van der Waals surface area contributed by atoms with Crippen molar-refractivity contribution in [1.29, 1.82) is 0 Å². The molecule has 1 heterocycles. The Morgan fingerprint density at radius 3 is 2.79 bits per heavy atom. The molecule has 0 amide bonds. The van der Waals surface area contributed by atoms with Crippen LogP contribution in [-0.4, -0.2) is 24.2 Å². The van der Waals surface area contributed by atoms with E-state index in [-0.39, 0.29) is 16.7 Å². The number of nitrogens with one attached hydrogen (secondary N) is 2. The zero-order valence-electron chi connectivity index (χ0n) is 13.1. The Kier molecular flexibility index (Phi) is 5.55. The Balaban J connectivity index is 1.66. The summed E-state index contributed by atoms with van der Waals surface area (Å²) in [6.45, 7) is 1.36. The molecule has 0 aliphatic carbocycles. The molecule has 1 aliphatic rings. The van der Waals surface area contributed by atoms with Gasteiger partial charge in [0.05, 0.1) is 16.7 Å². The SMILES string of the molecule is O=[N+]([O-])c1cc(NSc2ccccc2)ccc1NCC1CCCO1. The van der Waals surface area contributed by atoms with Crippen molar-refractivity contribution in [2.75, 3.05) is 23.2 Å². The summed E-state index contributed by atoms with van der Waals surface area (Å²) < 4.78 is 8.68. The molecule has 1 aliphatic heterocycles. The van der Waals surface area contributed by atoms with Crippen LogP contribution < -0.4 is 10.0 Å². The van der Waals surface area contributed by atoms with Crippen LogP contribution >= 0.6 is 11.9 Å². The molecule has 1 unspecified atom stereocenters. The maximum absolute atomic E-state index is 11.3. The lowest BCUT2D eigenvalue weighted by Gasteiger charge is -2.13. The van der Waals surface area contributed by atoms with Gasteiger partial charge >= 0.3 is 0 Å². The highest BCUT2D eigenvalue weighted by molar-refractivity contribution is 8.00. The lowest BCUT2D eigenvalue weighted by molar-refractivity contribution is -0.383. The summed E-state index contributed by atoms with van der Waals surface area (Å²) in [5, 5.41) is 14.5. The third-order valence-electron chi connectivity index (χ3n) is 3.77. The molecule has 1 fully saturated rings. The Morgan fingerprint density at radius 2 is 2.08 bits per heavy atom. The molecule has 2 aromatic rings. The molecular formula is C17H19N3O3S. The van der Waals surface area contributed by atoms with Crippen LogP contribution in [0.2, 0.25) is 0 Å². The quantitative estimate of drug-likeness (QED) is 0.442. The number of nitrogens with zero attached hydrogens (tertiary/aromatic N) is 1. The van der Waals surface area contributed by atoms with Gasteiger partial charge in [-0.3, -0.25) is 10.1 Å². The number of rotatable bonds is 7. The Morgan fingerprint density at radius 1 is 1.25 bits per heavy atom. The fourth-order valence-electron chi connectivity index (χ4n) is 2.53. The minimum absolute atomic E-state index is 0.0617. The van der Waals surface area contributed by atoms with Gasteiger partial charge in [0.1, 0.15) is 5.69 Å². The molecule has 3 rings (SSSR count). The Bertz CT molecular complexity index is 691. The second-order valence-electron chi connectivity index (χ2n) is 5.52. The van der Waals surface area contributed by atoms with Gasteiger partial charge in [-0.25, -0.2) is 0 Å². The van der Waals surface area contributed by atoms with E-state index in [2.05, 4.69) is 10.0 Å². The van der Waals surface area contributed by atoms with Gasteiger partial charge in [-0.1, -0.05) is 18.2 Å². The smallest absolute Gasteiger partial charge is 0.294 e. The van der Waals surface area contributed by atoms with Gasteiger partial charge in [0.25, 0.3) is 5.69 Å². The summed E-state index contributed by atoms with van der Waals surface area (Å²) >= 11 is 1.42. The average molecular weight is 345 g/mol. The Hall–Kier alpha value is -2.25. The van der Waals surface area contributed by atoms with Crippen molar-refractivity contribution in [3.8, 4) is 0 Å². The summed E-state index contributed by atoms with van der Waals surface area (Å²) in [7, 11) is 0. The van der Waals surface area contributed by atoms with Crippen molar-refractivity contribution in [3.05, 3.63) is 58.6 Å². The second kappa shape index (κ2) is 8.03. The number of nitro groups is 1. The monoisotopic (exact) mass is 345 g/mol. The number of benzene rings is 2. The van der Waals surface area contributed by atoms with Crippen LogP contribution in [0.4, 0.5) is 17.1 Å². The standard InChI is InChI=1S/C17H19N3O3S/c21-20(22)17-11-13(19-24-15-6-2-1-3-7-15)8-9-16(17)18-12-14-5-4-10-23-14/h1-3,6-9,11,14,18-19H,4-5,10,12H2. The molecule has 0 spiro atoms. The van der Waals surface area contributed by atoms with Crippen molar-refractivity contribution in [1.82, 2.24) is 0 Å². The van der Waals surface area contributed by atoms with E-state index < -0.39 is 0 Å². The van der Waals surface area contributed by atoms with Crippen LogP contribution in [0.5, 0.6) is 0 Å². The maximum Gasteiger partial charge on any atom is 0.294 e. The van der Waals surface area contributed by atoms with E-state index in [1.165, 1.54) is 11.9 Å². The molecule has 0 bridgehead atoms. The van der Waals surface area contributed by atoms with E-state index >= 15 is 0 Å².